The van der Waals surface area contributed by atoms with Crippen molar-refractivity contribution in [1.29, 1.82) is 0 Å². The molecule has 2 bridgehead atoms. The molecule has 48 heavy (non-hydrogen) atoms. The number of aromatic hydroxyl groups is 4. The van der Waals surface area contributed by atoms with E-state index in [1.54, 1.807) is 12.1 Å². The number of fused-ring (bicyclic) bond motifs is 2. The minimum atomic E-state index is -0.899. The Morgan fingerprint density at radius 3 is 0.917 bits per heavy atom. The second-order valence-corrected chi connectivity index (χ2v) is 12.0. The molecule has 0 heterocycles. The lowest BCUT2D eigenvalue weighted by Gasteiger charge is -2.45. The number of phenols is 4. The molecule has 0 aliphatic heterocycles. The van der Waals surface area contributed by atoms with Gasteiger partial charge in [0.25, 0.3) is 0 Å². The van der Waals surface area contributed by atoms with Crippen molar-refractivity contribution in [2.45, 2.75) is 37.5 Å². The van der Waals surface area contributed by atoms with Gasteiger partial charge in [0.1, 0.15) is 23.0 Å². The molecule has 0 aromatic heterocycles. The van der Waals surface area contributed by atoms with Gasteiger partial charge in [-0.3, -0.25) is 0 Å². The van der Waals surface area contributed by atoms with Crippen LogP contribution in [0.5, 0.6) is 23.0 Å². The Bertz CT molecular complexity index is 1830. The van der Waals surface area contributed by atoms with Crippen LogP contribution in [-0.2, 0) is 63.8 Å². The quantitative estimate of drug-likeness (QED) is 0.126. The summed E-state index contributed by atoms with van der Waals surface area (Å²) in [5.74, 6) is -5.90. The summed E-state index contributed by atoms with van der Waals surface area (Å²) >= 11 is 0. The van der Waals surface area contributed by atoms with Crippen LogP contribution in [0.25, 0.3) is 0 Å². The van der Waals surface area contributed by atoms with Gasteiger partial charge in [-0.2, -0.15) is 0 Å². The van der Waals surface area contributed by atoms with E-state index >= 15 is 0 Å². The smallest absolute Gasteiger partial charge is 0.334 e. The van der Waals surface area contributed by atoms with E-state index in [-0.39, 0.29) is 115 Å². The summed E-state index contributed by atoms with van der Waals surface area (Å²) in [4.78, 5) is 51.2. The molecule has 0 spiro atoms. The van der Waals surface area contributed by atoms with E-state index in [9.17, 15) is 39.6 Å². The average molecular weight is 655 g/mol. The molecule has 8 rings (SSSR count). The molecule has 5 aliphatic carbocycles. The first-order valence-corrected chi connectivity index (χ1v) is 15.0. The zero-order valence-corrected chi connectivity index (χ0v) is 26.3. The summed E-state index contributed by atoms with van der Waals surface area (Å²) in [5.41, 5.74) is 3.28. The standard InChI is InChI=1S/C36H30O12/c1-45-33(41)19-9-15-16(10-20(19)34(42)46-2)30(38)26-24-14-8-6-5-7-13(14)23(25(26)29(15)37)27-28(24)32(40)18-12-22(36(44)48-4)21(35(43)47-3)11-17(18)31(27)39/h5-8,23-24,37-40H,9-12H2,1-4H3. The van der Waals surface area contributed by atoms with Gasteiger partial charge in [0.15, 0.2) is 0 Å². The monoisotopic (exact) mass is 654 g/mol. The molecular formula is C36H30O12. The van der Waals surface area contributed by atoms with Gasteiger partial charge in [-0.05, 0) is 11.1 Å². The Balaban J connectivity index is 1.50. The molecule has 12 heteroatoms. The fourth-order valence-electron chi connectivity index (χ4n) is 8.02. The maximum Gasteiger partial charge on any atom is 0.334 e. The Morgan fingerprint density at radius 1 is 0.479 bits per heavy atom. The van der Waals surface area contributed by atoms with Gasteiger partial charge in [0.2, 0.25) is 0 Å². The molecule has 12 nitrogen and oxygen atoms in total. The van der Waals surface area contributed by atoms with E-state index in [0.29, 0.717) is 11.1 Å². The maximum atomic E-state index is 12.8. The topological polar surface area (TPSA) is 186 Å². The molecule has 3 aromatic carbocycles. The van der Waals surface area contributed by atoms with E-state index in [2.05, 4.69) is 0 Å². The Hall–Kier alpha value is -5.78. The Kier molecular flexibility index (Phi) is 7.00. The van der Waals surface area contributed by atoms with Crippen LogP contribution in [0.15, 0.2) is 46.6 Å². The zero-order valence-electron chi connectivity index (χ0n) is 26.3. The van der Waals surface area contributed by atoms with Gasteiger partial charge >= 0.3 is 23.9 Å². The van der Waals surface area contributed by atoms with Gasteiger partial charge in [0, 0.05) is 82.0 Å². The first-order valence-electron chi connectivity index (χ1n) is 15.0. The number of methoxy groups -OCH3 is 4. The van der Waals surface area contributed by atoms with Crippen molar-refractivity contribution in [2.75, 3.05) is 28.4 Å². The lowest BCUT2D eigenvalue weighted by molar-refractivity contribution is -0.139. The van der Waals surface area contributed by atoms with Crippen molar-refractivity contribution >= 4 is 23.9 Å². The summed E-state index contributed by atoms with van der Waals surface area (Å²) in [6.45, 7) is 0. The van der Waals surface area contributed by atoms with Gasteiger partial charge in [0.05, 0.1) is 50.7 Å². The second-order valence-electron chi connectivity index (χ2n) is 12.0. The number of ether oxygens (including phenoxy) is 4. The van der Waals surface area contributed by atoms with Crippen LogP contribution in [0.4, 0.5) is 0 Å². The maximum absolute atomic E-state index is 12.8. The highest BCUT2D eigenvalue weighted by Gasteiger charge is 2.51. The number of hydrogen-bond acceptors (Lipinski definition) is 12. The molecule has 0 saturated heterocycles. The molecule has 4 N–H and O–H groups in total. The molecule has 0 fully saturated rings. The molecule has 5 aliphatic rings. The zero-order chi connectivity index (χ0) is 34.3. The highest BCUT2D eigenvalue weighted by molar-refractivity contribution is 6.03. The number of rotatable bonds is 4. The molecule has 0 radical (unpaired) electrons. The van der Waals surface area contributed by atoms with Crippen molar-refractivity contribution in [3.63, 3.8) is 0 Å². The van der Waals surface area contributed by atoms with Crippen LogP contribution in [0.1, 0.15) is 67.5 Å². The summed E-state index contributed by atoms with van der Waals surface area (Å²) in [7, 11) is 4.67. The van der Waals surface area contributed by atoms with Gasteiger partial charge in [-0.1, -0.05) is 24.3 Å². The van der Waals surface area contributed by atoms with Gasteiger partial charge in [-0.15, -0.1) is 0 Å². The van der Waals surface area contributed by atoms with Crippen molar-refractivity contribution < 1.29 is 58.6 Å². The summed E-state index contributed by atoms with van der Waals surface area (Å²) in [6.07, 6.45) is -0.960. The average Bonchev–Trinajstić information content (AvgIpc) is 3.12. The minimum Gasteiger partial charge on any atom is -0.507 e. The first kappa shape index (κ1) is 30.9. The molecule has 0 atom stereocenters. The van der Waals surface area contributed by atoms with Gasteiger partial charge in [-0.25, -0.2) is 19.2 Å². The second kappa shape index (κ2) is 10.9. The van der Waals surface area contributed by atoms with Crippen LogP contribution >= 0.6 is 0 Å². The van der Waals surface area contributed by atoms with Gasteiger partial charge < -0.3 is 39.4 Å². The van der Waals surface area contributed by atoms with E-state index in [0.717, 1.165) is 0 Å². The Labute approximate surface area is 273 Å². The number of hydrogen-bond donors (Lipinski definition) is 4. The Morgan fingerprint density at radius 2 is 0.708 bits per heavy atom. The van der Waals surface area contributed by atoms with Crippen LogP contribution in [0, 0.1) is 0 Å². The van der Waals surface area contributed by atoms with Crippen molar-refractivity contribution in [3.8, 4) is 23.0 Å². The summed E-state index contributed by atoms with van der Waals surface area (Å²) in [6, 6.07) is 7.25. The predicted octanol–water partition coefficient (Wildman–Crippen LogP) is 2.98. The summed E-state index contributed by atoms with van der Waals surface area (Å²) < 4.78 is 19.7. The minimum absolute atomic E-state index is 0.0219. The lowest BCUT2D eigenvalue weighted by atomic mass is 9.58. The third-order valence-corrected chi connectivity index (χ3v) is 10.1. The first-order chi connectivity index (χ1) is 23.0. The fourth-order valence-corrected chi connectivity index (χ4v) is 8.02. The lowest BCUT2D eigenvalue weighted by Crippen LogP contribution is -2.31. The number of carbonyl (C=O) groups is 4. The fraction of sp³-hybridized carbons (Fsp3) is 0.278. The van der Waals surface area contributed by atoms with Crippen LogP contribution in [-0.4, -0.2) is 72.7 Å². The van der Waals surface area contributed by atoms with Crippen molar-refractivity contribution in [3.05, 3.63) is 102 Å². The molecule has 0 unspecified atom stereocenters. The molecule has 3 aromatic rings. The largest absolute Gasteiger partial charge is 0.507 e. The molecule has 246 valence electrons. The highest BCUT2D eigenvalue weighted by atomic mass is 16.5. The number of phenolic OH excluding ortho intramolecular Hbond substituents is 4. The van der Waals surface area contributed by atoms with E-state index in [1.165, 1.54) is 28.4 Å². The van der Waals surface area contributed by atoms with Crippen LogP contribution in [0.2, 0.25) is 0 Å². The molecule has 0 amide bonds. The molecular weight excluding hydrogens is 624 g/mol. The van der Waals surface area contributed by atoms with Crippen LogP contribution in [0.3, 0.4) is 0 Å². The number of esters is 4. The van der Waals surface area contributed by atoms with Crippen molar-refractivity contribution in [2.24, 2.45) is 0 Å². The van der Waals surface area contributed by atoms with E-state index < -0.39 is 35.7 Å². The van der Waals surface area contributed by atoms with Crippen molar-refractivity contribution in [1.82, 2.24) is 0 Å². The number of benzene rings is 3. The SMILES string of the molecule is COC(=O)C1=C(C(=O)OC)Cc2c(O)c3c(c(O)c2C1)C1c2ccccc2C3c2c(O)c3c(c(O)c21)CC(C(=O)OC)=C(C(=O)OC)C3. The van der Waals surface area contributed by atoms with Crippen LogP contribution < -0.4 is 0 Å². The van der Waals surface area contributed by atoms with E-state index in [1.807, 2.05) is 12.1 Å². The number of carbonyl (C=O) groups excluding carboxylic acids is 4. The normalized spacial score (nSPS) is 18.2. The third-order valence-electron chi connectivity index (χ3n) is 10.1. The summed E-state index contributed by atoms with van der Waals surface area (Å²) in [5, 5.41) is 48.1. The highest BCUT2D eigenvalue weighted by Crippen LogP contribution is 2.66. The van der Waals surface area contributed by atoms with E-state index in [4.69, 9.17) is 18.9 Å². The predicted molar refractivity (Wildman–Crippen MR) is 165 cm³/mol. The molecule has 0 saturated carbocycles. The third kappa shape index (κ3) is 3.95.